The molecule has 4 aromatic rings. The molecule has 1 atom stereocenters. The average molecular weight is 446 g/mol. The third-order valence-corrected chi connectivity index (χ3v) is 6.13. The summed E-state index contributed by atoms with van der Waals surface area (Å²) in [5, 5.41) is 9.80. The smallest absolute Gasteiger partial charge is 0.297 e. The second kappa shape index (κ2) is 7.72. The number of ether oxygens (including phenoxy) is 1. The number of hydrogen-bond acceptors (Lipinski definition) is 7. The summed E-state index contributed by atoms with van der Waals surface area (Å²) in [6.45, 7) is 7.74. The maximum absolute atomic E-state index is 13.6. The van der Waals surface area contributed by atoms with Crippen molar-refractivity contribution in [3.05, 3.63) is 92.8 Å². The van der Waals surface area contributed by atoms with E-state index in [4.69, 9.17) is 9.15 Å². The van der Waals surface area contributed by atoms with Crippen molar-refractivity contribution in [2.24, 2.45) is 0 Å². The number of fused-ring (bicyclic) bond motifs is 2. The summed E-state index contributed by atoms with van der Waals surface area (Å²) in [7, 11) is 0. The molecule has 0 aliphatic carbocycles. The number of nitrogens with zero attached hydrogens (tertiary/aromatic N) is 3. The van der Waals surface area contributed by atoms with E-state index in [1.54, 1.807) is 18.2 Å². The quantitative estimate of drug-likeness (QED) is 0.418. The summed E-state index contributed by atoms with van der Waals surface area (Å²) >= 11 is 1.28. The van der Waals surface area contributed by atoms with Crippen LogP contribution < -0.4 is 15.1 Å². The van der Waals surface area contributed by atoms with Crippen LogP contribution in [0.3, 0.4) is 0 Å². The minimum absolute atomic E-state index is 0.0293. The largest absolute Gasteiger partial charge is 0.490 e. The lowest BCUT2D eigenvalue weighted by molar-refractivity contribution is 0.0970. The highest BCUT2D eigenvalue weighted by Crippen LogP contribution is 2.42. The van der Waals surface area contributed by atoms with Crippen molar-refractivity contribution < 1.29 is 13.9 Å². The zero-order valence-corrected chi connectivity index (χ0v) is 18.3. The van der Waals surface area contributed by atoms with Crippen LogP contribution in [0.5, 0.6) is 5.75 Å². The molecule has 0 N–H and O–H groups in total. The number of amides is 1. The summed E-state index contributed by atoms with van der Waals surface area (Å²) in [5.41, 5.74) is 2.09. The first-order valence-electron chi connectivity index (χ1n) is 10.0. The summed E-state index contributed by atoms with van der Waals surface area (Å²) < 4.78 is 11.7. The topological polar surface area (TPSA) is 85.5 Å². The Kier molecular flexibility index (Phi) is 4.86. The van der Waals surface area contributed by atoms with E-state index < -0.39 is 11.9 Å². The molecule has 3 heterocycles. The van der Waals surface area contributed by atoms with Gasteiger partial charge in [-0.05, 0) is 43.7 Å². The minimum atomic E-state index is -0.710. The first-order valence-corrected chi connectivity index (χ1v) is 10.8. The van der Waals surface area contributed by atoms with E-state index in [0.29, 0.717) is 44.6 Å². The van der Waals surface area contributed by atoms with Gasteiger partial charge in [0, 0.05) is 0 Å². The van der Waals surface area contributed by atoms with Crippen LogP contribution in [0.1, 0.15) is 38.3 Å². The van der Waals surface area contributed by atoms with Gasteiger partial charge in [0.05, 0.1) is 17.0 Å². The number of anilines is 1. The molecule has 7 nitrogen and oxygen atoms in total. The van der Waals surface area contributed by atoms with Crippen molar-refractivity contribution in [1.82, 2.24) is 10.2 Å². The molecule has 0 saturated heterocycles. The van der Waals surface area contributed by atoms with Crippen LogP contribution in [-0.4, -0.2) is 22.7 Å². The maximum atomic E-state index is 13.6. The zero-order chi connectivity index (χ0) is 22.4. The van der Waals surface area contributed by atoms with E-state index in [1.807, 2.05) is 44.2 Å². The van der Waals surface area contributed by atoms with Gasteiger partial charge < -0.3 is 9.15 Å². The minimum Gasteiger partial charge on any atom is -0.490 e. The summed E-state index contributed by atoms with van der Waals surface area (Å²) in [5.74, 6) is 0.220. The van der Waals surface area contributed by atoms with Crippen LogP contribution >= 0.6 is 11.3 Å². The highest BCUT2D eigenvalue weighted by molar-refractivity contribution is 7.15. The number of carbonyl (C=O) groups is 1. The van der Waals surface area contributed by atoms with Gasteiger partial charge in [0.1, 0.15) is 22.9 Å². The van der Waals surface area contributed by atoms with Crippen molar-refractivity contribution in [2.45, 2.75) is 19.9 Å². The molecular formula is C24H19N3O4S. The highest BCUT2D eigenvalue weighted by Gasteiger charge is 2.45. The van der Waals surface area contributed by atoms with Crippen molar-refractivity contribution in [3.8, 4) is 5.75 Å². The molecule has 0 spiro atoms. The molecule has 5 rings (SSSR count). The van der Waals surface area contributed by atoms with E-state index in [1.165, 1.54) is 16.2 Å². The van der Waals surface area contributed by atoms with Crippen molar-refractivity contribution in [1.29, 1.82) is 0 Å². The Morgan fingerprint density at radius 1 is 1.19 bits per heavy atom. The van der Waals surface area contributed by atoms with Gasteiger partial charge in [0.2, 0.25) is 10.9 Å². The SMILES string of the molecule is C=CCOc1cccc([C@H]2c3c(oc4ccc(C)cc4c3=O)C(=O)N2c2nnc(C)s2)c1. The number of hydrogen-bond donors (Lipinski definition) is 0. The number of carbonyl (C=O) groups excluding carboxylic acids is 1. The lowest BCUT2D eigenvalue weighted by Crippen LogP contribution is -2.29. The lowest BCUT2D eigenvalue weighted by atomic mass is 9.98. The fraction of sp³-hybridized carbons (Fsp3) is 0.167. The molecule has 32 heavy (non-hydrogen) atoms. The molecule has 1 aliphatic heterocycles. The van der Waals surface area contributed by atoms with Crippen molar-refractivity contribution in [2.75, 3.05) is 11.5 Å². The summed E-state index contributed by atoms with van der Waals surface area (Å²) in [6, 6.07) is 12.0. The lowest BCUT2D eigenvalue weighted by Gasteiger charge is -2.22. The molecular weight excluding hydrogens is 426 g/mol. The maximum Gasteiger partial charge on any atom is 0.297 e. The van der Waals surface area contributed by atoms with Crippen LogP contribution in [-0.2, 0) is 0 Å². The van der Waals surface area contributed by atoms with Gasteiger partial charge in [-0.15, -0.1) is 10.2 Å². The number of rotatable bonds is 5. The molecule has 0 unspecified atom stereocenters. The van der Waals surface area contributed by atoms with Gasteiger partial charge in [0.25, 0.3) is 5.91 Å². The zero-order valence-electron chi connectivity index (χ0n) is 17.5. The van der Waals surface area contributed by atoms with Gasteiger partial charge in [-0.1, -0.05) is 47.8 Å². The Balaban J connectivity index is 1.77. The first kappa shape index (κ1) is 20.1. The Labute approximate surface area is 187 Å². The monoisotopic (exact) mass is 445 g/mol. The van der Waals surface area contributed by atoms with Gasteiger partial charge in [-0.25, -0.2) is 0 Å². The van der Waals surface area contributed by atoms with Crippen molar-refractivity contribution >= 4 is 33.3 Å². The summed E-state index contributed by atoms with van der Waals surface area (Å²) in [6.07, 6.45) is 1.65. The summed E-state index contributed by atoms with van der Waals surface area (Å²) in [4.78, 5) is 28.6. The van der Waals surface area contributed by atoms with E-state index in [0.717, 1.165) is 5.56 Å². The third kappa shape index (κ3) is 3.20. The van der Waals surface area contributed by atoms with Crippen molar-refractivity contribution in [3.63, 3.8) is 0 Å². The van der Waals surface area contributed by atoms with Crippen LogP contribution in [0, 0.1) is 13.8 Å². The van der Waals surface area contributed by atoms with E-state index >= 15 is 0 Å². The number of aryl methyl sites for hydroxylation is 2. The number of aromatic nitrogens is 2. The fourth-order valence-electron chi connectivity index (χ4n) is 3.91. The Morgan fingerprint density at radius 3 is 2.78 bits per heavy atom. The molecule has 2 aromatic heterocycles. The van der Waals surface area contributed by atoms with E-state index in [2.05, 4.69) is 16.8 Å². The van der Waals surface area contributed by atoms with Crippen LogP contribution in [0.15, 0.2) is 64.3 Å². The third-order valence-electron chi connectivity index (χ3n) is 5.29. The van der Waals surface area contributed by atoms with Gasteiger partial charge in [0.15, 0.2) is 5.43 Å². The van der Waals surface area contributed by atoms with E-state index in [9.17, 15) is 9.59 Å². The Morgan fingerprint density at radius 2 is 2.03 bits per heavy atom. The highest BCUT2D eigenvalue weighted by atomic mass is 32.1. The second-order valence-electron chi connectivity index (χ2n) is 7.53. The molecule has 8 heteroatoms. The average Bonchev–Trinajstić information content (AvgIpc) is 3.34. The van der Waals surface area contributed by atoms with Crippen LogP contribution in [0.4, 0.5) is 5.13 Å². The molecule has 0 fully saturated rings. The Bertz CT molecular complexity index is 1440. The van der Waals surface area contributed by atoms with Gasteiger partial charge in [-0.2, -0.15) is 0 Å². The van der Waals surface area contributed by atoms with E-state index in [-0.39, 0.29) is 11.2 Å². The fourth-order valence-corrected chi connectivity index (χ4v) is 4.63. The predicted molar refractivity (Wildman–Crippen MR) is 123 cm³/mol. The number of benzene rings is 2. The molecule has 0 bridgehead atoms. The van der Waals surface area contributed by atoms with Crippen LogP contribution in [0.2, 0.25) is 0 Å². The molecule has 1 aliphatic rings. The molecule has 0 saturated carbocycles. The molecule has 0 radical (unpaired) electrons. The molecule has 2 aromatic carbocycles. The Hall–Kier alpha value is -3.78. The predicted octanol–water partition coefficient (Wildman–Crippen LogP) is 4.58. The second-order valence-corrected chi connectivity index (χ2v) is 8.69. The first-order chi connectivity index (χ1) is 15.5. The standard InChI is InChI=1S/C24H19N3O4S/c1-4-10-30-16-7-5-6-15(12-16)20-19-21(28)17-11-13(2)8-9-18(17)31-22(19)23(29)27(20)24-26-25-14(3)32-24/h4-9,11-12,20H,1,10H2,2-3H3/t20-/m0/s1. The normalized spacial score (nSPS) is 15.2. The molecule has 160 valence electrons. The molecule has 1 amide bonds. The van der Waals surface area contributed by atoms with Gasteiger partial charge in [-0.3, -0.25) is 14.5 Å². The van der Waals surface area contributed by atoms with Gasteiger partial charge >= 0.3 is 0 Å². The van der Waals surface area contributed by atoms with Crippen LogP contribution in [0.25, 0.3) is 11.0 Å².